The third kappa shape index (κ3) is 3.10. The van der Waals surface area contributed by atoms with Crippen molar-refractivity contribution in [1.82, 2.24) is 9.97 Å². The Hall–Kier alpha value is -3.74. The number of hydrogen-bond donors (Lipinski definition) is 2. The van der Waals surface area contributed by atoms with E-state index in [0.717, 1.165) is 11.3 Å². The second-order valence-electron chi connectivity index (χ2n) is 5.78. The Morgan fingerprint density at radius 2 is 1.85 bits per heavy atom. The van der Waals surface area contributed by atoms with Gasteiger partial charge in [-0.1, -0.05) is 0 Å². The van der Waals surface area contributed by atoms with Crippen molar-refractivity contribution in [1.29, 1.82) is 0 Å². The Balaban J connectivity index is 1.80. The van der Waals surface area contributed by atoms with Crippen LogP contribution >= 0.6 is 0 Å². The SMILES string of the molecule is COc1cc2ncnc(Nc3cc(-c4ccco4)ccc3OC)c2cc1O. The molecule has 0 unspecified atom stereocenters. The van der Waals surface area contributed by atoms with Gasteiger partial charge in [-0.25, -0.2) is 9.97 Å². The Kier molecular flexibility index (Phi) is 4.25. The minimum atomic E-state index is 0.0131. The molecule has 4 rings (SSSR count). The Morgan fingerprint density at radius 1 is 1.00 bits per heavy atom. The molecule has 0 aliphatic carbocycles. The molecule has 2 aromatic heterocycles. The number of rotatable bonds is 5. The van der Waals surface area contributed by atoms with Crippen LogP contribution in [0.1, 0.15) is 0 Å². The highest BCUT2D eigenvalue weighted by atomic mass is 16.5. The number of ether oxygens (including phenoxy) is 2. The Bertz CT molecular complexity index is 1090. The summed E-state index contributed by atoms with van der Waals surface area (Å²) in [7, 11) is 3.09. The first-order valence-electron chi connectivity index (χ1n) is 8.20. The molecule has 136 valence electrons. The van der Waals surface area contributed by atoms with E-state index in [1.54, 1.807) is 25.5 Å². The standard InChI is InChI=1S/C20H17N3O4/c1-25-18-6-5-12(17-4-3-7-27-17)8-15(18)23-20-13-9-16(24)19(26-2)10-14(13)21-11-22-20/h3-11,24H,1-2H3,(H,21,22,23). The van der Waals surface area contributed by atoms with Crippen molar-refractivity contribution in [3.8, 4) is 28.6 Å². The predicted octanol–water partition coefficient (Wildman–Crippen LogP) is 4.36. The van der Waals surface area contributed by atoms with E-state index in [0.29, 0.717) is 33.9 Å². The van der Waals surface area contributed by atoms with Gasteiger partial charge in [0.05, 0.1) is 31.7 Å². The van der Waals surface area contributed by atoms with E-state index in [1.165, 1.54) is 13.4 Å². The summed E-state index contributed by atoms with van der Waals surface area (Å²) in [5.74, 6) is 2.29. The van der Waals surface area contributed by atoms with Crippen molar-refractivity contribution >= 4 is 22.4 Å². The van der Waals surface area contributed by atoms with Crippen LogP contribution in [0.15, 0.2) is 59.5 Å². The summed E-state index contributed by atoms with van der Waals surface area (Å²) in [5, 5.41) is 14.0. The lowest BCUT2D eigenvalue weighted by Gasteiger charge is -2.14. The molecule has 0 aliphatic rings. The quantitative estimate of drug-likeness (QED) is 0.544. The average Bonchev–Trinajstić information content (AvgIpc) is 3.23. The number of nitrogens with zero attached hydrogens (tertiary/aromatic N) is 2. The van der Waals surface area contributed by atoms with Crippen LogP contribution in [0.4, 0.5) is 11.5 Å². The summed E-state index contributed by atoms with van der Waals surface area (Å²) >= 11 is 0. The monoisotopic (exact) mass is 363 g/mol. The van der Waals surface area contributed by atoms with Crippen LogP contribution in [0.3, 0.4) is 0 Å². The molecule has 0 saturated carbocycles. The number of nitrogens with one attached hydrogen (secondary N) is 1. The summed E-state index contributed by atoms with van der Waals surface area (Å²) in [5.41, 5.74) is 2.25. The molecule has 0 radical (unpaired) electrons. The van der Waals surface area contributed by atoms with E-state index < -0.39 is 0 Å². The van der Waals surface area contributed by atoms with Gasteiger partial charge in [0.15, 0.2) is 11.5 Å². The van der Waals surface area contributed by atoms with Crippen molar-refractivity contribution in [2.75, 3.05) is 19.5 Å². The molecule has 27 heavy (non-hydrogen) atoms. The van der Waals surface area contributed by atoms with Gasteiger partial charge >= 0.3 is 0 Å². The molecule has 0 bridgehead atoms. The van der Waals surface area contributed by atoms with Gasteiger partial charge in [-0.3, -0.25) is 0 Å². The summed E-state index contributed by atoms with van der Waals surface area (Å²) in [6, 6.07) is 12.6. The maximum atomic E-state index is 10.1. The molecule has 2 heterocycles. The van der Waals surface area contributed by atoms with Crippen LogP contribution in [0.5, 0.6) is 17.2 Å². The first kappa shape index (κ1) is 16.7. The van der Waals surface area contributed by atoms with Crippen molar-refractivity contribution in [3.05, 3.63) is 55.1 Å². The summed E-state index contributed by atoms with van der Waals surface area (Å²) in [4.78, 5) is 8.56. The summed E-state index contributed by atoms with van der Waals surface area (Å²) in [6.07, 6.45) is 3.07. The molecule has 0 atom stereocenters. The molecule has 0 amide bonds. The molecular formula is C20H17N3O4. The zero-order valence-corrected chi connectivity index (χ0v) is 14.8. The van der Waals surface area contributed by atoms with Crippen LogP contribution in [0, 0.1) is 0 Å². The number of benzene rings is 2. The van der Waals surface area contributed by atoms with Crippen LogP contribution in [-0.2, 0) is 0 Å². The minimum absolute atomic E-state index is 0.0131. The molecule has 0 aliphatic heterocycles. The van der Waals surface area contributed by atoms with Crippen molar-refractivity contribution in [2.45, 2.75) is 0 Å². The van der Waals surface area contributed by atoms with E-state index in [-0.39, 0.29) is 5.75 Å². The zero-order chi connectivity index (χ0) is 18.8. The van der Waals surface area contributed by atoms with Crippen molar-refractivity contribution in [3.63, 3.8) is 0 Å². The van der Waals surface area contributed by atoms with Crippen LogP contribution in [0.2, 0.25) is 0 Å². The molecule has 2 aromatic carbocycles. The Labute approximate surface area is 155 Å². The lowest BCUT2D eigenvalue weighted by Crippen LogP contribution is -1.99. The highest BCUT2D eigenvalue weighted by Gasteiger charge is 2.13. The van der Waals surface area contributed by atoms with E-state index in [4.69, 9.17) is 13.9 Å². The second-order valence-corrected chi connectivity index (χ2v) is 5.78. The van der Waals surface area contributed by atoms with Crippen molar-refractivity contribution in [2.24, 2.45) is 0 Å². The first-order valence-corrected chi connectivity index (χ1v) is 8.20. The van der Waals surface area contributed by atoms with Gasteiger partial charge in [-0.15, -0.1) is 0 Å². The molecule has 4 aromatic rings. The molecule has 2 N–H and O–H groups in total. The first-order chi connectivity index (χ1) is 13.2. The second kappa shape index (κ2) is 6.87. The number of aromatic nitrogens is 2. The van der Waals surface area contributed by atoms with Gasteiger partial charge in [-0.05, 0) is 36.4 Å². The number of hydrogen-bond acceptors (Lipinski definition) is 7. The van der Waals surface area contributed by atoms with Gasteiger partial charge in [0, 0.05) is 17.0 Å². The molecule has 0 fully saturated rings. The van der Waals surface area contributed by atoms with E-state index >= 15 is 0 Å². The fraction of sp³-hybridized carbons (Fsp3) is 0.100. The van der Waals surface area contributed by atoms with Gasteiger partial charge < -0.3 is 24.3 Å². The number of fused-ring (bicyclic) bond motifs is 1. The van der Waals surface area contributed by atoms with E-state index in [2.05, 4.69) is 15.3 Å². The minimum Gasteiger partial charge on any atom is -0.504 e. The zero-order valence-electron chi connectivity index (χ0n) is 14.8. The topological polar surface area (TPSA) is 89.6 Å². The Morgan fingerprint density at radius 3 is 2.59 bits per heavy atom. The number of furan rings is 1. The summed E-state index contributed by atoms with van der Waals surface area (Å²) in [6.45, 7) is 0. The molecule has 7 nitrogen and oxygen atoms in total. The van der Waals surface area contributed by atoms with Crippen molar-refractivity contribution < 1.29 is 19.0 Å². The maximum absolute atomic E-state index is 10.1. The summed E-state index contributed by atoms with van der Waals surface area (Å²) < 4.78 is 16.1. The highest BCUT2D eigenvalue weighted by molar-refractivity contribution is 5.93. The third-order valence-corrected chi connectivity index (χ3v) is 4.19. The van der Waals surface area contributed by atoms with E-state index in [1.807, 2.05) is 30.3 Å². The predicted molar refractivity (Wildman–Crippen MR) is 102 cm³/mol. The fourth-order valence-corrected chi connectivity index (χ4v) is 2.86. The number of aromatic hydroxyl groups is 1. The molecule has 0 saturated heterocycles. The number of anilines is 2. The molecule has 0 spiro atoms. The largest absolute Gasteiger partial charge is 0.504 e. The van der Waals surface area contributed by atoms with Gasteiger partial charge in [0.25, 0.3) is 0 Å². The maximum Gasteiger partial charge on any atom is 0.162 e. The normalized spacial score (nSPS) is 10.7. The number of methoxy groups -OCH3 is 2. The van der Waals surface area contributed by atoms with Gasteiger partial charge in [0.1, 0.15) is 23.7 Å². The number of phenolic OH excluding ortho intramolecular Hbond substituents is 1. The lowest BCUT2D eigenvalue weighted by atomic mass is 10.1. The molecule has 7 heteroatoms. The fourth-order valence-electron chi connectivity index (χ4n) is 2.86. The van der Waals surface area contributed by atoms with Crippen LogP contribution in [-0.4, -0.2) is 29.3 Å². The molecular weight excluding hydrogens is 346 g/mol. The van der Waals surface area contributed by atoms with Gasteiger partial charge in [0.2, 0.25) is 0 Å². The smallest absolute Gasteiger partial charge is 0.162 e. The number of phenols is 1. The lowest BCUT2D eigenvalue weighted by molar-refractivity contribution is 0.374. The highest BCUT2D eigenvalue weighted by Crippen LogP contribution is 2.36. The van der Waals surface area contributed by atoms with Crippen LogP contribution in [0.25, 0.3) is 22.2 Å². The van der Waals surface area contributed by atoms with E-state index in [9.17, 15) is 5.11 Å². The average molecular weight is 363 g/mol. The van der Waals surface area contributed by atoms with Gasteiger partial charge in [-0.2, -0.15) is 0 Å². The van der Waals surface area contributed by atoms with Crippen LogP contribution < -0.4 is 14.8 Å². The third-order valence-electron chi connectivity index (χ3n) is 4.19.